The first kappa shape index (κ1) is 21.0. The van der Waals surface area contributed by atoms with Gasteiger partial charge in [0.05, 0.1) is 0 Å². The Hall–Kier alpha value is -1.72. The fourth-order valence-electron chi connectivity index (χ4n) is 2.57. The van der Waals surface area contributed by atoms with Crippen LogP contribution in [0.5, 0.6) is 0 Å². The molecule has 0 radical (unpaired) electrons. The molecular formula is C24H20S4. The van der Waals surface area contributed by atoms with E-state index in [1.165, 1.54) is 20.9 Å². The summed E-state index contributed by atoms with van der Waals surface area (Å²) >= 11 is 14.8. The molecule has 0 bridgehead atoms. The highest BCUT2D eigenvalue weighted by atomic mass is 32.2. The summed E-state index contributed by atoms with van der Waals surface area (Å²) in [7, 11) is 0. The summed E-state index contributed by atoms with van der Waals surface area (Å²) in [5.41, 5.74) is 2.40. The summed E-state index contributed by atoms with van der Waals surface area (Å²) in [6, 6.07) is 34.6. The van der Waals surface area contributed by atoms with Crippen LogP contribution in [0.25, 0.3) is 11.1 Å². The topological polar surface area (TPSA) is 0 Å². The molecule has 0 aromatic heterocycles. The lowest BCUT2D eigenvalue weighted by Crippen LogP contribution is -1.77. The van der Waals surface area contributed by atoms with Gasteiger partial charge in [0, 0.05) is 24.5 Å². The Morgan fingerprint density at radius 1 is 0.500 bits per heavy atom. The molecule has 0 saturated carbocycles. The first-order valence-electron chi connectivity index (χ1n) is 8.71. The summed E-state index contributed by atoms with van der Waals surface area (Å²) < 4.78 is 0. The Morgan fingerprint density at radius 3 is 1.57 bits per heavy atom. The Kier molecular flexibility index (Phi) is 8.04. The van der Waals surface area contributed by atoms with Crippen LogP contribution in [0.4, 0.5) is 0 Å². The van der Waals surface area contributed by atoms with Crippen LogP contribution < -0.4 is 0 Å². The lowest BCUT2D eigenvalue weighted by atomic mass is 10.1. The highest BCUT2D eigenvalue weighted by molar-refractivity contribution is 7.99. The van der Waals surface area contributed by atoms with Crippen molar-refractivity contribution in [1.29, 1.82) is 0 Å². The maximum atomic E-state index is 4.41. The molecule has 4 heteroatoms. The fraction of sp³-hybridized carbons (Fsp3) is 0. The highest BCUT2D eigenvalue weighted by Gasteiger charge is 1.99. The van der Waals surface area contributed by atoms with Gasteiger partial charge in [0.15, 0.2) is 0 Å². The summed E-state index contributed by atoms with van der Waals surface area (Å²) in [6.45, 7) is 0. The predicted molar refractivity (Wildman–Crippen MR) is 131 cm³/mol. The molecule has 0 aliphatic heterocycles. The van der Waals surface area contributed by atoms with Crippen molar-refractivity contribution in [3.05, 3.63) is 103 Å². The molecule has 0 spiro atoms. The van der Waals surface area contributed by atoms with E-state index in [9.17, 15) is 0 Å². The molecule has 0 saturated heterocycles. The van der Waals surface area contributed by atoms with Crippen molar-refractivity contribution in [2.45, 2.75) is 24.5 Å². The zero-order chi connectivity index (χ0) is 19.8. The minimum absolute atomic E-state index is 0.988. The lowest BCUT2D eigenvalue weighted by Gasteiger charge is -2.03. The molecule has 0 aliphatic rings. The first-order valence-corrected chi connectivity index (χ1v) is 10.9. The van der Waals surface area contributed by atoms with Gasteiger partial charge in [0.25, 0.3) is 0 Å². The second-order valence-corrected chi connectivity index (χ2v) is 8.64. The Balaban J connectivity index is 0.000000162. The van der Waals surface area contributed by atoms with Crippen molar-refractivity contribution in [2.24, 2.45) is 0 Å². The molecule has 4 aromatic carbocycles. The lowest BCUT2D eigenvalue weighted by molar-refractivity contribution is 1.30. The average Bonchev–Trinajstić information content (AvgIpc) is 2.70. The molecule has 0 atom stereocenters. The van der Waals surface area contributed by atoms with E-state index in [0.29, 0.717) is 0 Å². The van der Waals surface area contributed by atoms with Gasteiger partial charge >= 0.3 is 0 Å². The third-order valence-electron chi connectivity index (χ3n) is 3.86. The van der Waals surface area contributed by atoms with E-state index in [-0.39, 0.29) is 0 Å². The largest absolute Gasteiger partial charge is 0.143 e. The molecular weight excluding hydrogens is 417 g/mol. The van der Waals surface area contributed by atoms with Crippen LogP contribution in [0.1, 0.15) is 0 Å². The van der Waals surface area contributed by atoms with Crippen LogP contribution in [0, 0.1) is 0 Å². The number of rotatable bonds is 3. The smallest absolute Gasteiger partial charge is 0.0133 e. The van der Waals surface area contributed by atoms with Crippen LogP contribution in [-0.2, 0) is 0 Å². The second kappa shape index (κ2) is 10.7. The number of hydrogen-bond donors (Lipinski definition) is 3. The van der Waals surface area contributed by atoms with Crippen molar-refractivity contribution in [3.63, 3.8) is 0 Å². The van der Waals surface area contributed by atoms with Crippen molar-refractivity contribution in [1.82, 2.24) is 0 Å². The van der Waals surface area contributed by atoms with Gasteiger partial charge in [-0.3, -0.25) is 0 Å². The highest BCUT2D eigenvalue weighted by Crippen LogP contribution is 2.30. The van der Waals surface area contributed by atoms with Crippen molar-refractivity contribution < 1.29 is 0 Å². The zero-order valence-corrected chi connectivity index (χ0v) is 18.6. The Labute approximate surface area is 187 Å². The van der Waals surface area contributed by atoms with Crippen LogP contribution in [0.15, 0.2) is 128 Å². The van der Waals surface area contributed by atoms with Crippen LogP contribution in [0.2, 0.25) is 0 Å². The van der Waals surface area contributed by atoms with Crippen molar-refractivity contribution in [3.8, 4) is 11.1 Å². The second-order valence-electron chi connectivity index (χ2n) is 5.98. The minimum Gasteiger partial charge on any atom is -0.143 e. The molecule has 4 rings (SSSR count). The van der Waals surface area contributed by atoms with Crippen molar-refractivity contribution in [2.75, 3.05) is 0 Å². The molecule has 0 heterocycles. The summed E-state index contributed by atoms with van der Waals surface area (Å²) in [4.78, 5) is 5.39. The summed E-state index contributed by atoms with van der Waals surface area (Å²) in [6.07, 6.45) is 0. The maximum absolute atomic E-state index is 4.41. The Morgan fingerprint density at radius 2 is 1.04 bits per heavy atom. The number of hydrogen-bond acceptors (Lipinski definition) is 4. The van der Waals surface area contributed by atoms with Gasteiger partial charge in [-0.25, -0.2) is 0 Å². The van der Waals surface area contributed by atoms with E-state index in [1.807, 2.05) is 60.7 Å². The van der Waals surface area contributed by atoms with Crippen LogP contribution >= 0.6 is 49.6 Å². The fourth-order valence-corrected chi connectivity index (χ4v) is 4.42. The van der Waals surface area contributed by atoms with Gasteiger partial charge in [-0.1, -0.05) is 72.4 Å². The molecule has 0 fully saturated rings. The standard InChI is InChI=1S/C12H10S3.C12H10S/c13-9-3-1-5-11(7-9)15-12-6-2-4-10(14)8-12;13-12-9-5-4-8-11(12)10-6-2-1-3-7-10/h1-8,13-14H;1-9,13H. The third-order valence-corrected chi connectivity index (χ3v) is 5.79. The van der Waals surface area contributed by atoms with Gasteiger partial charge in [0.2, 0.25) is 0 Å². The van der Waals surface area contributed by atoms with Gasteiger partial charge in [-0.2, -0.15) is 0 Å². The van der Waals surface area contributed by atoms with Crippen LogP contribution in [0.3, 0.4) is 0 Å². The summed E-state index contributed by atoms with van der Waals surface area (Å²) in [5, 5.41) is 0. The number of benzene rings is 4. The average molecular weight is 437 g/mol. The van der Waals surface area contributed by atoms with E-state index in [0.717, 1.165) is 14.7 Å². The van der Waals surface area contributed by atoms with Gasteiger partial charge in [-0.05, 0) is 53.6 Å². The van der Waals surface area contributed by atoms with Crippen molar-refractivity contribution >= 4 is 49.6 Å². The quantitative estimate of drug-likeness (QED) is 0.273. The van der Waals surface area contributed by atoms with Gasteiger partial charge < -0.3 is 0 Å². The van der Waals surface area contributed by atoms with Crippen LogP contribution in [-0.4, -0.2) is 0 Å². The molecule has 28 heavy (non-hydrogen) atoms. The van der Waals surface area contributed by atoms with E-state index in [2.05, 4.69) is 80.4 Å². The van der Waals surface area contributed by atoms with E-state index in [4.69, 9.17) is 0 Å². The molecule has 0 nitrogen and oxygen atoms in total. The third kappa shape index (κ3) is 6.42. The molecule has 140 valence electrons. The predicted octanol–water partition coefficient (Wildman–Crippen LogP) is 8.06. The normalized spacial score (nSPS) is 10.1. The molecule has 0 amide bonds. The van der Waals surface area contributed by atoms with E-state index >= 15 is 0 Å². The van der Waals surface area contributed by atoms with E-state index in [1.54, 1.807) is 11.8 Å². The SMILES string of the molecule is Sc1cccc(Sc2cccc(S)c2)c1.Sc1ccccc1-c1ccccc1. The van der Waals surface area contributed by atoms with Gasteiger partial charge in [0.1, 0.15) is 0 Å². The monoisotopic (exact) mass is 436 g/mol. The minimum atomic E-state index is 0.988. The maximum Gasteiger partial charge on any atom is 0.0133 e. The summed E-state index contributed by atoms with van der Waals surface area (Å²) in [5.74, 6) is 0. The molecule has 4 aromatic rings. The molecule has 0 unspecified atom stereocenters. The molecule has 0 N–H and O–H groups in total. The van der Waals surface area contributed by atoms with Gasteiger partial charge in [-0.15, -0.1) is 37.9 Å². The molecule has 0 aliphatic carbocycles. The Bertz CT molecular complexity index is 986. The number of thiol groups is 3. The zero-order valence-electron chi connectivity index (χ0n) is 15.1. The van der Waals surface area contributed by atoms with E-state index < -0.39 is 0 Å². The first-order chi connectivity index (χ1) is 13.6.